The van der Waals surface area contributed by atoms with Crippen molar-refractivity contribution in [2.24, 2.45) is 5.73 Å². The third-order valence-corrected chi connectivity index (χ3v) is 3.82. The second kappa shape index (κ2) is 6.47. The molecule has 3 N–H and O–H groups in total. The van der Waals surface area contributed by atoms with Crippen LogP contribution >= 0.6 is 28.1 Å². The molecule has 1 aromatic carbocycles. The summed E-state index contributed by atoms with van der Waals surface area (Å²) in [5.74, 6) is 0.590. The van der Waals surface area contributed by atoms with Crippen LogP contribution in [0.5, 0.6) is 0 Å². The van der Waals surface area contributed by atoms with E-state index in [1.807, 2.05) is 25.1 Å². The Morgan fingerprint density at radius 3 is 2.82 bits per heavy atom. The van der Waals surface area contributed by atoms with Crippen LogP contribution in [0.3, 0.4) is 0 Å². The molecule has 0 aliphatic rings. The van der Waals surface area contributed by atoms with Crippen LogP contribution < -0.4 is 11.1 Å². The average molecular weight is 335 g/mol. The van der Waals surface area contributed by atoms with Crippen LogP contribution in [-0.2, 0) is 10.8 Å². The number of rotatable bonds is 5. The van der Waals surface area contributed by atoms with Gasteiger partial charge in [-0.05, 0) is 25.1 Å². The van der Waals surface area contributed by atoms with Crippen LogP contribution in [0.1, 0.15) is 12.5 Å². The van der Waals surface area contributed by atoms with Gasteiger partial charge < -0.3 is 11.1 Å². The van der Waals surface area contributed by atoms with Crippen molar-refractivity contribution in [3.8, 4) is 0 Å². The van der Waals surface area contributed by atoms with Crippen LogP contribution in [-0.4, -0.2) is 27.2 Å². The Morgan fingerprint density at radius 1 is 1.65 bits per heavy atom. The molecule has 0 aliphatic heterocycles. The van der Waals surface area contributed by atoms with E-state index in [4.69, 9.17) is 18.0 Å². The van der Waals surface area contributed by atoms with Gasteiger partial charge in [0, 0.05) is 44.6 Å². The Kier molecular flexibility index (Phi) is 5.55. The molecule has 1 aromatic rings. The van der Waals surface area contributed by atoms with E-state index in [0.29, 0.717) is 10.7 Å². The number of thiocarbonyl (C=S) groups is 1. The number of nitrogens with one attached hydrogen (secondary N) is 1. The third-order valence-electron chi connectivity index (χ3n) is 2.13. The number of benzene rings is 1. The SMILES string of the molecule is CC(CS(C)=O)Nc1ccc(Br)cc1C(N)=S. The van der Waals surface area contributed by atoms with Gasteiger partial charge in [-0.1, -0.05) is 28.1 Å². The molecule has 0 amide bonds. The second-order valence-electron chi connectivity index (χ2n) is 3.84. The highest BCUT2D eigenvalue weighted by atomic mass is 79.9. The van der Waals surface area contributed by atoms with Gasteiger partial charge in [-0.25, -0.2) is 0 Å². The van der Waals surface area contributed by atoms with Gasteiger partial charge in [-0.15, -0.1) is 0 Å². The van der Waals surface area contributed by atoms with Crippen LogP contribution in [0.15, 0.2) is 22.7 Å². The molecule has 0 heterocycles. The summed E-state index contributed by atoms with van der Waals surface area (Å²) < 4.78 is 12.1. The molecular weight excluding hydrogens is 320 g/mol. The number of anilines is 1. The maximum atomic E-state index is 11.1. The molecule has 0 fully saturated rings. The fourth-order valence-electron chi connectivity index (χ4n) is 1.51. The predicted molar refractivity (Wildman–Crippen MR) is 82.0 cm³/mol. The number of hydrogen-bond acceptors (Lipinski definition) is 3. The lowest BCUT2D eigenvalue weighted by atomic mass is 10.1. The Labute approximate surface area is 118 Å². The van der Waals surface area contributed by atoms with E-state index in [2.05, 4.69) is 21.2 Å². The Hall–Kier alpha value is -0.460. The molecule has 0 bridgehead atoms. The summed E-state index contributed by atoms with van der Waals surface area (Å²) in [7, 11) is -0.827. The molecule has 1 rings (SSSR count). The fourth-order valence-corrected chi connectivity index (χ4v) is 2.82. The normalized spacial score (nSPS) is 14.1. The molecule has 17 heavy (non-hydrogen) atoms. The molecule has 94 valence electrons. The fraction of sp³-hybridized carbons (Fsp3) is 0.364. The van der Waals surface area contributed by atoms with Crippen molar-refractivity contribution in [2.45, 2.75) is 13.0 Å². The Morgan fingerprint density at radius 2 is 2.29 bits per heavy atom. The molecule has 0 aromatic heterocycles. The zero-order valence-electron chi connectivity index (χ0n) is 9.70. The largest absolute Gasteiger partial charge is 0.389 e. The summed E-state index contributed by atoms with van der Waals surface area (Å²) in [5, 5.41) is 3.27. The highest BCUT2D eigenvalue weighted by molar-refractivity contribution is 9.10. The quantitative estimate of drug-likeness (QED) is 0.811. The van der Waals surface area contributed by atoms with E-state index in [1.165, 1.54) is 0 Å². The van der Waals surface area contributed by atoms with Gasteiger partial charge in [0.25, 0.3) is 0 Å². The second-order valence-corrected chi connectivity index (χ2v) is 6.67. The molecule has 6 heteroatoms. The number of halogens is 1. The first-order valence-electron chi connectivity index (χ1n) is 5.06. The van der Waals surface area contributed by atoms with Gasteiger partial charge in [0.15, 0.2) is 0 Å². The Balaban J connectivity index is 2.90. The first-order chi connectivity index (χ1) is 7.90. The van der Waals surface area contributed by atoms with Gasteiger partial charge >= 0.3 is 0 Å². The van der Waals surface area contributed by atoms with Crippen molar-refractivity contribution in [3.05, 3.63) is 28.2 Å². The molecule has 0 spiro atoms. The van der Waals surface area contributed by atoms with Gasteiger partial charge in [0.2, 0.25) is 0 Å². The molecule has 0 radical (unpaired) electrons. The van der Waals surface area contributed by atoms with Gasteiger partial charge in [-0.2, -0.15) is 0 Å². The monoisotopic (exact) mass is 334 g/mol. The van der Waals surface area contributed by atoms with Crippen LogP contribution in [0.2, 0.25) is 0 Å². The zero-order chi connectivity index (χ0) is 13.0. The summed E-state index contributed by atoms with van der Waals surface area (Å²) in [4.78, 5) is 0.346. The van der Waals surface area contributed by atoms with Crippen LogP contribution in [0.25, 0.3) is 0 Å². The predicted octanol–water partition coefficient (Wildman–Crippen LogP) is 2.26. The summed E-state index contributed by atoms with van der Waals surface area (Å²) in [6, 6.07) is 5.81. The molecular formula is C11H15BrN2OS2. The molecule has 3 nitrogen and oxygen atoms in total. The smallest absolute Gasteiger partial charge is 0.106 e. The molecule has 2 unspecified atom stereocenters. The number of hydrogen-bond donors (Lipinski definition) is 2. The minimum atomic E-state index is -0.827. The highest BCUT2D eigenvalue weighted by Crippen LogP contribution is 2.21. The molecule has 0 aliphatic carbocycles. The van der Waals surface area contributed by atoms with Crippen molar-refractivity contribution in [3.63, 3.8) is 0 Å². The van der Waals surface area contributed by atoms with Gasteiger partial charge in [0.05, 0.1) is 0 Å². The maximum Gasteiger partial charge on any atom is 0.106 e. The van der Waals surface area contributed by atoms with E-state index in [1.54, 1.807) is 6.26 Å². The lowest BCUT2D eigenvalue weighted by Crippen LogP contribution is -2.24. The molecule has 0 saturated carbocycles. The van der Waals surface area contributed by atoms with Crippen molar-refractivity contribution in [1.82, 2.24) is 0 Å². The van der Waals surface area contributed by atoms with E-state index in [9.17, 15) is 4.21 Å². The number of nitrogens with two attached hydrogens (primary N) is 1. The zero-order valence-corrected chi connectivity index (χ0v) is 12.9. The minimum Gasteiger partial charge on any atom is -0.389 e. The standard InChI is InChI=1S/C11H15BrN2OS2/c1-7(6-17(2)15)14-10-4-3-8(12)5-9(10)11(13)16/h3-5,7,14H,6H2,1-2H3,(H2,13,16). The van der Waals surface area contributed by atoms with Crippen molar-refractivity contribution < 1.29 is 4.21 Å². The van der Waals surface area contributed by atoms with E-state index < -0.39 is 10.8 Å². The minimum absolute atomic E-state index is 0.107. The first kappa shape index (κ1) is 14.6. The lowest BCUT2D eigenvalue weighted by Gasteiger charge is -2.17. The van der Waals surface area contributed by atoms with E-state index in [0.717, 1.165) is 15.7 Å². The van der Waals surface area contributed by atoms with Crippen molar-refractivity contribution in [1.29, 1.82) is 0 Å². The average Bonchev–Trinajstić information content (AvgIpc) is 2.19. The highest BCUT2D eigenvalue weighted by Gasteiger charge is 2.10. The van der Waals surface area contributed by atoms with Gasteiger partial charge in [-0.3, -0.25) is 4.21 Å². The van der Waals surface area contributed by atoms with Gasteiger partial charge in [0.1, 0.15) is 4.99 Å². The third kappa shape index (κ3) is 4.73. The molecule has 2 atom stereocenters. The van der Waals surface area contributed by atoms with E-state index >= 15 is 0 Å². The van der Waals surface area contributed by atoms with Crippen molar-refractivity contribution in [2.75, 3.05) is 17.3 Å². The molecule has 0 saturated heterocycles. The summed E-state index contributed by atoms with van der Waals surface area (Å²) in [6.45, 7) is 1.98. The maximum absolute atomic E-state index is 11.1. The lowest BCUT2D eigenvalue weighted by molar-refractivity contribution is 0.683. The summed E-state index contributed by atoms with van der Waals surface area (Å²) in [5.41, 5.74) is 7.34. The Bertz CT molecular complexity index is 451. The van der Waals surface area contributed by atoms with Crippen molar-refractivity contribution >= 4 is 49.6 Å². The topological polar surface area (TPSA) is 55.1 Å². The van der Waals surface area contributed by atoms with Crippen LogP contribution in [0, 0.1) is 0 Å². The summed E-state index contributed by atoms with van der Waals surface area (Å²) in [6.07, 6.45) is 1.69. The summed E-state index contributed by atoms with van der Waals surface area (Å²) >= 11 is 8.39. The first-order valence-corrected chi connectivity index (χ1v) is 7.99. The van der Waals surface area contributed by atoms with Crippen LogP contribution in [0.4, 0.5) is 5.69 Å². The van der Waals surface area contributed by atoms with E-state index in [-0.39, 0.29) is 6.04 Å².